The Labute approximate surface area is 174 Å². The summed E-state index contributed by atoms with van der Waals surface area (Å²) < 4.78 is 1.92. The molecule has 0 saturated heterocycles. The molecular weight excluding hydrogens is 410 g/mol. The number of hydrogen-bond donors (Lipinski definition) is 2. The minimum atomic E-state index is -0.551. The van der Waals surface area contributed by atoms with Gasteiger partial charge in [-0.05, 0) is 24.3 Å². The van der Waals surface area contributed by atoms with Crippen LogP contribution in [0.2, 0.25) is 5.02 Å². The zero-order valence-electron chi connectivity index (χ0n) is 15.8. The van der Waals surface area contributed by atoms with E-state index < -0.39 is 16.4 Å². The number of aromatic nitrogens is 3. The molecule has 4 rings (SSSR count). The van der Waals surface area contributed by atoms with Gasteiger partial charge in [-0.3, -0.25) is 19.7 Å². The second kappa shape index (κ2) is 7.60. The van der Waals surface area contributed by atoms with Crippen molar-refractivity contribution in [2.24, 2.45) is 7.05 Å². The monoisotopic (exact) mass is 425 g/mol. The van der Waals surface area contributed by atoms with Gasteiger partial charge in [-0.25, -0.2) is 4.98 Å². The highest BCUT2D eigenvalue weighted by Crippen LogP contribution is 2.22. The number of rotatable bonds is 5. The lowest BCUT2D eigenvalue weighted by Gasteiger charge is -2.08. The van der Waals surface area contributed by atoms with E-state index in [1.165, 1.54) is 18.2 Å². The summed E-state index contributed by atoms with van der Waals surface area (Å²) in [7, 11) is 1.88. The van der Waals surface area contributed by atoms with E-state index in [1.807, 2.05) is 17.7 Å². The summed E-state index contributed by atoms with van der Waals surface area (Å²) in [6, 6.07) is 10.5. The van der Waals surface area contributed by atoms with Crippen LogP contribution in [-0.4, -0.2) is 31.9 Å². The standard InChI is InChI=1S/C20H16ClN5O4/c1-25-17-5-2-11(21)8-16(17)23-18(25)6-7-22-20(28)14-10-19(27)24-15-4-3-12(26(29)30)9-13(14)15/h2-5,8-10H,6-7H2,1H3,(H,22,28)(H,24,27). The maximum Gasteiger partial charge on any atom is 0.270 e. The summed E-state index contributed by atoms with van der Waals surface area (Å²) >= 11 is 6.01. The third-order valence-corrected chi connectivity index (χ3v) is 5.09. The van der Waals surface area contributed by atoms with Crippen LogP contribution in [0.3, 0.4) is 0 Å². The second-order valence-electron chi connectivity index (χ2n) is 6.76. The van der Waals surface area contributed by atoms with Crippen LogP contribution in [0.25, 0.3) is 21.9 Å². The van der Waals surface area contributed by atoms with E-state index in [-0.39, 0.29) is 17.8 Å². The van der Waals surface area contributed by atoms with Crippen LogP contribution in [0.4, 0.5) is 5.69 Å². The number of nitrogens with zero attached hydrogens (tertiary/aromatic N) is 3. The van der Waals surface area contributed by atoms with E-state index in [2.05, 4.69) is 15.3 Å². The molecule has 0 saturated carbocycles. The van der Waals surface area contributed by atoms with E-state index in [0.717, 1.165) is 22.9 Å². The summed E-state index contributed by atoms with van der Waals surface area (Å²) in [4.78, 5) is 42.2. The molecule has 0 fully saturated rings. The van der Waals surface area contributed by atoms with Gasteiger partial charge < -0.3 is 14.9 Å². The highest BCUT2D eigenvalue weighted by Gasteiger charge is 2.16. The predicted octanol–water partition coefficient (Wildman–Crippen LogP) is 2.95. The van der Waals surface area contributed by atoms with Crippen LogP contribution < -0.4 is 10.9 Å². The van der Waals surface area contributed by atoms with Gasteiger partial charge in [0.05, 0.1) is 21.5 Å². The van der Waals surface area contributed by atoms with E-state index in [0.29, 0.717) is 22.3 Å². The van der Waals surface area contributed by atoms with Crippen molar-refractivity contribution in [1.82, 2.24) is 19.9 Å². The number of pyridine rings is 1. The average molecular weight is 426 g/mol. The lowest BCUT2D eigenvalue weighted by Crippen LogP contribution is -2.27. The molecule has 1 amide bonds. The largest absolute Gasteiger partial charge is 0.352 e. The van der Waals surface area contributed by atoms with Crippen LogP contribution in [0.1, 0.15) is 16.2 Å². The summed E-state index contributed by atoms with van der Waals surface area (Å²) in [5.41, 5.74) is 1.49. The van der Waals surface area contributed by atoms with E-state index >= 15 is 0 Å². The Morgan fingerprint density at radius 2 is 2.07 bits per heavy atom. The first-order valence-corrected chi connectivity index (χ1v) is 9.42. The number of nitro groups is 1. The van der Waals surface area contributed by atoms with Gasteiger partial charge in [0, 0.05) is 54.1 Å². The quantitative estimate of drug-likeness (QED) is 0.376. The summed E-state index contributed by atoms with van der Waals surface area (Å²) in [5.74, 6) is 0.271. The number of aromatic amines is 1. The molecule has 30 heavy (non-hydrogen) atoms. The Hall–Kier alpha value is -3.72. The molecule has 0 aliphatic rings. The van der Waals surface area contributed by atoms with Crippen molar-refractivity contribution in [2.75, 3.05) is 6.54 Å². The Morgan fingerprint density at radius 3 is 2.83 bits per heavy atom. The molecule has 0 atom stereocenters. The van der Waals surface area contributed by atoms with Gasteiger partial charge >= 0.3 is 0 Å². The number of nitrogens with one attached hydrogen (secondary N) is 2. The Morgan fingerprint density at radius 1 is 1.27 bits per heavy atom. The van der Waals surface area contributed by atoms with Crippen LogP contribution in [-0.2, 0) is 13.5 Å². The van der Waals surface area contributed by atoms with Crippen LogP contribution in [0.15, 0.2) is 47.3 Å². The number of carbonyl (C=O) groups excluding carboxylic acids is 1. The Balaban J connectivity index is 1.56. The van der Waals surface area contributed by atoms with Crippen molar-refractivity contribution in [3.63, 3.8) is 0 Å². The fourth-order valence-electron chi connectivity index (χ4n) is 3.37. The number of H-pyrrole nitrogens is 1. The molecule has 2 heterocycles. The minimum Gasteiger partial charge on any atom is -0.352 e. The van der Waals surface area contributed by atoms with E-state index in [9.17, 15) is 19.7 Å². The van der Waals surface area contributed by atoms with Crippen LogP contribution >= 0.6 is 11.6 Å². The van der Waals surface area contributed by atoms with Crippen molar-refractivity contribution in [1.29, 1.82) is 0 Å². The number of fused-ring (bicyclic) bond motifs is 2. The molecule has 0 aliphatic carbocycles. The number of carbonyl (C=O) groups is 1. The van der Waals surface area contributed by atoms with Crippen LogP contribution in [0, 0.1) is 10.1 Å². The van der Waals surface area contributed by atoms with Gasteiger partial charge in [0.15, 0.2) is 0 Å². The molecule has 0 spiro atoms. The zero-order valence-corrected chi connectivity index (χ0v) is 16.6. The molecule has 0 radical (unpaired) electrons. The number of nitro benzene ring substituents is 1. The summed E-state index contributed by atoms with van der Waals surface area (Å²) in [5, 5.41) is 14.7. The fourth-order valence-corrected chi connectivity index (χ4v) is 3.54. The zero-order chi connectivity index (χ0) is 21.4. The maximum atomic E-state index is 12.7. The molecule has 0 unspecified atom stereocenters. The number of imidazole rings is 1. The number of amides is 1. The summed E-state index contributed by atoms with van der Waals surface area (Å²) in [6.45, 7) is 0.271. The molecule has 2 aromatic carbocycles. The molecule has 9 nitrogen and oxygen atoms in total. The molecule has 152 valence electrons. The first-order chi connectivity index (χ1) is 14.3. The van der Waals surface area contributed by atoms with Gasteiger partial charge in [-0.2, -0.15) is 0 Å². The highest BCUT2D eigenvalue weighted by atomic mass is 35.5. The lowest BCUT2D eigenvalue weighted by atomic mass is 10.1. The summed E-state index contributed by atoms with van der Waals surface area (Å²) in [6.07, 6.45) is 0.454. The third kappa shape index (κ3) is 3.62. The first-order valence-electron chi connectivity index (χ1n) is 9.04. The van der Waals surface area contributed by atoms with Crippen LogP contribution in [0.5, 0.6) is 0 Å². The first kappa shape index (κ1) is 19.6. The number of aryl methyl sites for hydroxylation is 1. The van der Waals surface area contributed by atoms with Gasteiger partial charge in [-0.1, -0.05) is 11.6 Å². The normalized spacial score (nSPS) is 11.1. The number of hydrogen-bond acceptors (Lipinski definition) is 5. The molecule has 2 aromatic heterocycles. The highest BCUT2D eigenvalue weighted by molar-refractivity contribution is 6.31. The van der Waals surface area contributed by atoms with Crippen molar-refractivity contribution >= 4 is 45.1 Å². The Bertz CT molecular complexity index is 1380. The Kier molecular flexibility index (Phi) is 4.96. The van der Waals surface area contributed by atoms with Gasteiger partial charge in [-0.15, -0.1) is 0 Å². The molecule has 0 aliphatic heterocycles. The molecule has 0 bridgehead atoms. The second-order valence-corrected chi connectivity index (χ2v) is 7.20. The van der Waals surface area contributed by atoms with Crippen molar-refractivity contribution in [3.05, 3.63) is 79.3 Å². The minimum absolute atomic E-state index is 0.0780. The molecule has 2 N–H and O–H groups in total. The number of halogens is 1. The van der Waals surface area contributed by atoms with E-state index in [4.69, 9.17) is 11.6 Å². The number of non-ortho nitro benzene ring substituents is 1. The van der Waals surface area contributed by atoms with Gasteiger partial charge in [0.1, 0.15) is 5.82 Å². The van der Waals surface area contributed by atoms with Crippen molar-refractivity contribution in [3.8, 4) is 0 Å². The van der Waals surface area contributed by atoms with Crippen molar-refractivity contribution in [2.45, 2.75) is 6.42 Å². The van der Waals surface area contributed by atoms with E-state index in [1.54, 1.807) is 12.1 Å². The third-order valence-electron chi connectivity index (χ3n) is 4.85. The maximum absolute atomic E-state index is 12.7. The fraction of sp³-hybridized carbons (Fsp3) is 0.150. The van der Waals surface area contributed by atoms with Gasteiger partial charge in [0.25, 0.3) is 11.6 Å². The van der Waals surface area contributed by atoms with Gasteiger partial charge in [0.2, 0.25) is 5.56 Å². The molecule has 10 heteroatoms. The smallest absolute Gasteiger partial charge is 0.270 e. The van der Waals surface area contributed by atoms with Crippen molar-refractivity contribution < 1.29 is 9.72 Å². The predicted molar refractivity (Wildman–Crippen MR) is 113 cm³/mol. The average Bonchev–Trinajstić information content (AvgIpc) is 3.01. The number of benzene rings is 2. The molecular formula is C20H16ClN5O4. The molecule has 4 aromatic rings. The topological polar surface area (TPSA) is 123 Å². The SMILES string of the molecule is Cn1c(CCNC(=O)c2cc(=O)[nH]c3ccc([N+](=O)[O-])cc23)nc2cc(Cl)ccc21. The lowest BCUT2D eigenvalue weighted by molar-refractivity contribution is -0.384.